The average Bonchev–Trinajstić information content (AvgIpc) is 2.28. The molecule has 0 saturated heterocycles. The first-order valence-corrected chi connectivity index (χ1v) is 4.36. The lowest BCUT2D eigenvalue weighted by molar-refractivity contribution is 1.11. The summed E-state index contributed by atoms with van der Waals surface area (Å²) >= 11 is 0. The molecule has 0 bridgehead atoms. The monoisotopic (exact) mass is 200 g/mol. The van der Waals surface area contributed by atoms with E-state index in [2.05, 4.69) is 20.2 Å². The summed E-state index contributed by atoms with van der Waals surface area (Å²) in [5.41, 5.74) is -0.108. The summed E-state index contributed by atoms with van der Waals surface area (Å²) in [7, 11) is 0. The number of hydrogen-bond donors (Lipinski definition) is 1. The number of nitrogens with one attached hydrogen (secondary N) is 1. The molecule has 0 radical (unpaired) electrons. The lowest BCUT2D eigenvalue weighted by Gasteiger charge is -1.91. The second-order valence-corrected chi connectivity index (χ2v) is 2.80. The van der Waals surface area contributed by atoms with Crippen LogP contribution in [0.4, 0.5) is 11.6 Å². The molecule has 15 heavy (non-hydrogen) atoms. The van der Waals surface area contributed by atoms with Crippen LogP contribution in [0.5, 0.6) is 0 Å². The fourth-order valence-corrected chi connectivity index (χ4v) is 1.01. The molecule has 0 spiro atoms. The van der Waals surface area contributed by atoms with Gasteiger partial charge in [0, 0.05) is 24.5 Å². The van der Waals surface area contributed by atoms with E-state index in [4.69, 9.17) is 0 Å². The van der Waals surface area contributed by atoms with Crippen LogP contribution in [0.1, 0.15) is 0 Å². The second-order valence-electron chi connectivity index (χ2n) is 2.80. The zero-order valence-electron chi connectivity index (χ0n) is 7.79. The van der Waals surface area contributed by atoms with Crippen molar-refractivity contribution in [2.24, 2.45) is 10.2 Å². The van der Waals surface area contributed by atoms with Crippen molar-refractivity contribution in [1.82, 2.24) is 9.97 Å². The third-order valence-corrected chi connectivity index (χ3v) is 1.67. The van der Waals surface area contributed by atoms with Crippen LogP contribution in [-0.2, 0) is 0 Å². The van der Waals surface area contributed by atoms with Gasteiger partial charge in [-0.05, 0) is 12.1 Å². The second kappa shape index (κ2) is 4.28. The van der Waals surface area contributed by atoms with Gasteiger partial charge >= 0.3 is 0 Å². The average molecular weight is 200 g/mol. The highest BCUT2D eigenvalue weighted by Gasteiger charge is 1.90. The third-order valence-electron chi connectivity index (χ3n) is 1.67. The van der Waals surface area contributed by atoms with Crippen molar-refractivity contribution in [2.75, 3.05) is 0 Å². The Morgan fingerprint density at radius 2 is 2.13 bits per heavy atom. The number of azo groups is 1. The summed E-state index contributed by atoms with van der Waals surface area (Å²) in [6.45, 7) is 0. The van der Waals surface area contributed by atoms with E-state index in [1.807, 2.05) is 6.07 Å². The fraction of sp³-hybridized carbons (Fsp3) is 0. The molecule has 5 heteroatoms. The Balaban J connectivity index is 2.23. The number of pyridine rings is 2. The molecule has 0 aliphatic heterocycles. The van der Waals surface area contributed by atoms with Gasteiger partial charge in [-0.3, -0.25) is 4.79 Å². The van der Waals surface area contributed by atoms with Crippen LogP contribution in [0.15, 0.2) is 57.7 Å². The lowest BCUT2D eigenvalue weighted by Crippen LogP contribution is -1.94. The predicted octanol–water partition coefficient (Wildman–Crippen LogP) is 2.19. The molecule has 0 amide bonds. The van der Waals surface area contributed by atoms with Crippen LogP contribution in [0.3, 0.4) is 0 Å². The summed E-state index contributed by atoms with van der Waals surface area (Å²) in [6.07, 6.45) is 3.15. The van der Waals surface area contributed by atoms with E-state index in [-0.39, 0.29) is 5.43 Å². The number of nitrogens with zero attached hydrogens (tertiary/aromatic N) is 3. The number of H-pyrrole nitrogens is 1. The number of aromatic amines is 1. The zero-order valence-corrected chi connectivity index (χ0v) is 7.79. The molecule has 2 aromatic heterocycles. The normalized spacial score (nSPS) is 10.7. The van der Waals surface area contributed by atoms with Crippen LogP contribution in [-0.4, -0.2) is 9.97 Å². The number of rotatable bonds is 2. The molecular weight excluding hydrogens is 192 g/mol. The molecule has 0 fully saturated rings. The van der Waals surface area contributed by atoms with Gasteiger partial charge in [0.05, 0.1) is 0 Å². The van der Waals surface area contributed by atoms with E-state index in [9.17, 15) is 4.79 Å². The Hall–Kier alpha value is -2.30. The van der Waals surface area contributed by atoms with E-state index in [0.29, 0.717) is 11.6 Å². The molecule has 0 unspecified atom stereocenters. The van der Waals surface area contributed by atoms with Gasteiger partial charge in [0.2, 0.25) is 0 Å². The number of aromatic nitrogens is 2. The summed E-state index contributed by atoms with van der Waals surface area (Å²) in [5.74, 6) is 0.912. The van der Waals surface area contributed by atoms with Crippen molar-refractivity contribution >= 4 is 11.6 Å². The fourth-order valence-electron chi connectivity index (χ4n) is 1.01. The van der Waals surface area contributed by atoms with Crippen LogP contribution in [0.2, 0.25) is 0 Å². The zero-order chi connectivity index (χ0) is 10.5. The Kier molecular flexibility index (Phi) is 2.64. The Morgan fingerprint density at radius 3 is 2.87 bits per heavy atom. The van der Waals surface area contributed by atoms with Crippen molar-refractivity contribution in [2.45, 2.75) is 0 Å². The van der Waals surface area contributed by atoms with Gasteiger partial charge in [-0.15, -0.1) is 10.2 Å². The molecule has 2 aromatic rings. The van der Waals surface area contributed by atoms with Gasteiger partial charge in [0.25, 0.3) is 0 Å². The molecule has 1 N–H and O–H groups in total. The van der Waals surface area contributed by atoms with E-state index in [1.54, 1.807) is 18.3 Å². The van der Waals surface area contributed by atoms with Gasteiger partial charge in [0.1, 0.15) is 0 Å². The Labute approximate surface area is 85.5 Å². The molecular formula is C10H8N4O. The van der Waals surface area contributed by atoms with Gasteiger partial charge in [-0.2, -0.15) is 0 Å². The molecule has 0 aromatic carbocycles. The summed E-state index contributed by atoms with van der Waals surface area (Å²) in [4.78, 5) is 17.7. The smallest absolute Gasteiger partial charge is 0.183 e. The van der Waals surface area contributed by atoms with Gasteiger partial charge < -0.3 is 4.98 Å². The standard InChI is InChI=1S/C10H8N4O/c15-8-4-6-12-10(7-8)14-13-9-3-1-2-5-11-9/h1-7H,(H,12,15). The summed E-state index contributed by atoms with van der Waals surface area (Å²) < 4.78 is 0. The highest BCUT2D eigenvalue weighted by atomic mass is 16.1. The maximum absolute atomic E-state index is 11.0. The van der Waals surface area contributed by atoms with Crippen LogP contribution in [0, 0.1) is 0 Å². The Morgan fingerprint density at radius 1 is 1.20 bits per heavy atom. The largest absolute Gasteiger partial charge is 0.345 e. The maximum atomic E-state index is 11.0. The van der Waals surface area contributed by atoms with E-state index in [0.717, 1.165) is 0 Å². The highest BCUT2D eigenvalue weighted by molar-refractivity contribution is 5.28. The predicted molar refractivity (Wildman–Crippen MR) is 55.5 cm³/mol. The van der Waals surface area contributed by atoms with Crippen LogP contribution in [0.25, 0.3) is 0 Å². The molecule has 0 saturated carbocycles. The van der Waals surface area contributed by atoms with E-state index in [1.165, 1.54) is 18.3 Å². The minimum absolute atomic E-state index is 0.108. The molecule has 0 atom stereocenters. The Bertz CT molecular complexity index is 518. The molecule has 2 rings (SSSR count). The first kappa shape index (κ1) is 9.26. The van der Waals surface area contributed by atoms with Crippen molar-refractivity contribution in [3.63, 3.8) is 0 Å². The highest BCUT2D eigenvalue weighted by Crippen LogP contribution is 2.10. The minimum Gasteiger partial charge on any atom is -0.345 e. The molecule has 0 aliphatic carbocycles. The summed E-state index contributed by atoms with van der Waals surface area (Å²) in [6, 6.07) is 8.12. The SMILES string of the molecule is O=c1cc[nH]c(N=Nc2ccccn2)c1. The van der Waals surface area contributed by atoms with Crippen molar-refractivity contribution in [3.8, 4) is 0 Å². The van der Waals surface area contributed by atoms with Crippen LogP contribution >= 0.6 is 0 Å². The van der Waals surface area contributed by atoms with Crippen molar-refractivity contribution in [3.05, 3.63) is 52.9 Å². The van der Waals surface area contributed by atoms with Gasteiger partial charge in [-0.1, -0.05) is 6.07 Å². The van der Waals surface area contributed by atoms with Crippen molar-refractivity contribution in [1.29, 1.82) is 0 Å². The third kappa shape index (κ3) is 2.57. The molecule has 0 aliphatic rings. The van der Waals surface area contributed by atoms with E-state index >= 15 is 0 Å². The molecule has 74 valence electrons. The topological polar surface area (TPSA) is 70.5 Å². The molecule has 5 nitrogen and oxygen atoms in total. The van der Waals surface area contributed by atoms with Crippen molar-refractivity contribution < 1.29 is 0 Å². The van der Waals surface area contributed by atoms with Gasteiger partial charge in [0.15, 0.2) is 17.1 Å². The molecule has 2 heterocycles. The van der Waals surface area contributed by atoms with Crippen LogP contribution < -0.4 is 5.43 Å². The van der Waals surface area contributed by atoms with Gasteiger partial charge in [-0.25, -0.2) is 4.98 Å². The van der Waals surface area contributed by atoms with E-state index < -0.39 is 0 Å². The first-order chi connectivity index (χ1) is 7.34. The maximum Gasteiger partial charge on any atom is 0.183 e. The lowest BCUT2D eigenvalue weighted by atomic mass is 10.4. The minimum atomic E-state index is -0.108. The summed E-state index contributed by atoms with van der Waals surface area (Å²) in [5, 5.41) is 7.71. The quantitative estimate of drug-likeness (QED) is 0.754. The first-order valence-electron chi connectivity index (χ1n) is 4.36. The number of hydrogen-bond acceptors (Lipinski definition) is 4.